The van der Waals surface area contributed by atoms with Crippen LogP contribution in [-0.2, 0) is 9.53 Å². The molecule has 1 N–H and O–H groups in total. The Labute approximate surface area is 97.6 Å². The zero-order valence-electron chi connectivity index (χ0n) is 10.3. The van der Waals surface area contributed by atoms with E-state index in [1.165, 1.54) is 6.42 Å². The molecule has 0 aromatic rings. The predicted molar refractivity (Wildman–Crippen MR) is 62.5 cm³/mol. The van der Waals surface area contributed by atoms with Gasteiger partial charge in [-0.1, -0.05) is 13.8 Å². The lowest BCUT2D eigenvalue weighted by molar-refractivity contribution is -0.137. The molecule has 0 aliphatic carbocycles. The normalized spacial score (nSPS) is 22.6. The molecule has 4 heteroatoms. The maximum absolute atomic E-state index is 10.6. The van der Waals surface area contributed by atoms with Gasteiger partial charge >= 0.3 is 5.97 Å². The van der Waals surface area contributed by atoms with E-state index in [9.17, 15) is 4.79 Å². The molecule has 1 aliphatic rings. The SMILES string of the molecule is CC(C)CCN1CCOCC1CCC(=O)O. The van der Waals surface area contributed by atoms with Gasteiger partial charge < -0.3 is 9.84 Å². The van der Waals surface area contributed by atoms with Crippen molar-refractivity contribution in [2.45, 2.75) is 39.2 Å². The summed E-state index contributed by atoms with van der Waals surface area (Å²) in [6.07, 6.45) is 2.11. The number of carbonyl (C=O) groups is 1. The van der Waals surface area contributed by atoms with Gasteiger partial charge in [0.15, 0.2) is 0 Å². The van der Waals surface area contributed by atoms with Crippen molar-refractivity contribution in [1.29, 1.82) is 0 Å². The van der Waals surface area contributed by atoms with Crippen molar-refractivity contribution in [2.75, 3.05) is 26.3 Å². The second kappa shape index (κ2) is 6.86. The van der Waals surface area contributed by atoms with Crippen LogP contribution < -0.4 is 0 Å². The van der Waals surface area contributed by atoms with E-state index in [-0.39, 0.29) is 6.42 Å². The smallest absolute Gasteiger partial charge is 0.303 e. The van der Waals surface area contributed by atoms with E-state index in [0.29, 0.717) is 25.0 Å². The first-order chi connectivity index (χ1) is 7.59. The summed E-state index contributed by atoms with van der Waals surface area (Å²) in [6.45, 7) is 7.90. The third kappa shape index (κ3) is 4.94. The zero-order valence-corrected chi connectivity index (χ0v) is 10.3. The van der Waals surface area contributed by atoms with Gasteiger partial charge in [0.1, 0.15) is 0 Å². The topological polar surface area (TPSA) is 49.8 Å². The lowest BCUT2D eigenvalue weighted by atomic mass is 10.1. The van der Waals surface area contributed by atoms with Crippen LogP contribution in [0.5, 0.6) is 0 Å². The number of carboxylic acids is 1. The Morgan fingerprint density at radius 1 is 1.56 bits per heavy atom. The lowest BCUT2D eigenvalue weighted by Gasteiger charge is -2.35. The molecule has 16 heavy (non-hydrogen) atoms. The summed E-state index contributed by atoms with van der Waals surface area (Å²) >= 11 is 0. The number of rotatable bonds is 6. The van der Waals surface area contributed by atoms with Crippen LogP contribution in [0.15, 0.2) is 0 Å². The van der Waals surface area contributed by atoms with Crippen LogP contribution in [0, 0.1) is 5.92 Å². The molecule has 1 unspecified atom stereocenters. The van der Waals surface area contributed by atoms with Crippen LogP contribution in [0.3, 0.4) is 0 Å². The Morgan fingerprint density at radius 2 is 2.31 bits per heavy atom. The molecule has 0 aromatic carbocycles. The number of carboxylic acid groups (broad SMARTS) is 1. The number of ether oxygens (including phenoxy) is 1. The minimum absolute atomic E-state index is 0.242. The minimum atomic E-state index is -0.714. The molecule has 0 spiro atoms. The average molecular weight is 229 g/mol. The molecule has 1 heterocycles. The van der Waals surface area contributed by atoms with Gasteiger partial charge in [-0.3, -0.25) is 9.69 Å². The van der Waals surface area contributed by atoms with E-state index in [0.717, 1.165) is 19.7 Å². The first kappa shape index (κ1) is 13.5. The summed E-state index contributed by atoms with van der Waals surface area (Å²) in [5.41, 5.74) is 0. The Bertz CT molecular complexity index is 218. The summed E-state index contributed by atoms with van der Waals surface area (Å²) in [5.74, 6) is -0.0163. The minimum Gasteiger partial charge on any atom is -0.481 e. The molecular weight excluding hydrogens is 206 g/mol. The molecule has 1 aliphatic heterocycles. The Morgan fingerprint density at radius 3 is 2.94 bits per heavy atom. The molecule has 0 radical (unpaired) electrons. The molecule has 0 aromatic heterocycles. The molecule has 0 bridgehead atoms. The molecule has 1 atom stereocenters. The van der Waals surface area contributed by atoms with E-state index < -0.39 is 5.97 Å². The fraction of sp³-hybridized carbons (Fsp3) is 0.917. The number of hydrogen-bond donors (Lipinski definition) is 1. The third-order valence-electron chi connectivity index (χ3n) is 3.03. The van der Waals surface area contributed by atoms with Crippen LogP contribution >= 0.6 is 0 Å². The Hall–Kier alpha value is -0.610. The van der Waals surface area contributed by atoms with Crippen LogP contribution in [0.2, 0.25) is 0 Å². The van der Waals surface area contributed by atoms with Gasteiger partial charge in [0.25, 0.3) is 0 Å². The van der Waals surface area contributed by atoms with Gasteiger partial charge in [-0.15, -0.1) is 0 Å². The van der Waals surface area contributed by atoms with Gasteiger partial charge in [0.05, 0.1) is 13.2 Å². The maximum atomic E-state index is 10.6. The summed E-state index contributed by atoms with van der Waals surface area (Å²) in [4.78, 5) is 12.9. The van der Waals surface area contributed by atoms with Gasteiger partial charge in [-0.2, -0.15) is 0 Å². The van der Waals surface area contributed by atoms with Crippen LogP contribution in [-0.4, -0.2) is 48.3 Å². The van der Waals surface area contributed by atoms with E-state index in [2.05, 4.69) is 18.7 Å². The first-order valence-corrected chi connectivity index (χ1v) is 6.13. The van der Waals surface area contributed by atoms with Gasteiger partial charge in [0.2, 0.25) is 0 Å². The molecule has 1 rings (SSSR count). The highest BCUT2D eigenvalue weighted by molar-refractivity contribution is 5.66. The van der Waals surface area contributed by atoms with Crippen molar-refractivity contribution in [1.82, 2.24) is 4.90 Å². The van der Waals surface area contributed by atoms with Crippen molar-refractivity contribution in [2.24, 2.45) is 5.92 Å². The summed E-state index contributed by atoms with van der Waals surface area (Å²) in [7, 11) is 0. The lowest BCUT2D eigenvalue weighted by Crippen LogP contribution is -2.46. The van der Waals surface area contributed by atoms with Crippen molar-refractivity contribution in [3.8, 4) is 0 Å². The van der Waals surface area contributed by atoms with E-state index in [4.69, 9.17) is 9.84 Å². The fourth-order valence-electron chi connectivity index (χ4n) is 1.96. The summed E-state index contributed by atoms with van der Waals surface area (Å²) < 4.78 is 5.42. The van der Waals surface area contributed by atoms with Crippen molar-refractivity contribution >= 4 is 5.97 Å². The first-order valence-electron chi connectivity index (χ1n) is 6.13. The van der Waals surface area contributed by atoms with Crippen LogP contribution in [0.25, 0.3) is 0 Å². The Kier molecular flexibility index (Phi) is 5.77. The molecule has 0 saturated carbocycles. The molecule has 1 saturated heterocycles. The quantitative estimate of drug-likeness (QED) is 0.751. The fourth-order valence-corrected chi connectivity index (χ4v) is 1.96. The van der Waals surface area contributed by atoms with Gasteiger partial charge in [-0.25, -0.2) is 0 Å². The number of nitrogens with zero attached hydrogens (tertiary/aromatic N) is 1. The third-order valence-corrected chi connectivity index (χ3v) is 3.03. The van der Waals surface area contributed by atoms with E-state index in [1.54, 1.807) is 0 Å². The van der Waals surface area contributed by atoms with E-state index in [1.807, 2.05) is 0 Å². The van der Waals surface area contributed by atoms with Crippen LogP contribution in [0.4, 0.5) is 0 Å². The second-order valence-corrected chi connectivity index (χ2v) is 4.88. The highest BCUT2D eigenvalue weighted by atomic mass is 16.5. The average Bonchev–Trinajstić information content (AvgIpc) is 2.24. The number of morpholine rings is 1. The van der Waals surface area contributed by atoms with E-state index >= 15 is 0 Å². The highest BCUT2D eigenvalue weighted by Crippen LogP contribution is 2.14. The summed E-state index contributed by atoms with van der Waals surface area (Å²) in [6, 6.07) is 0.295. The standard InChI is InChI=1S/C12H23NO3/c1-10(2)5-6-13-7-8-16-9-11(13)3-4-12(14)15/h10-11H,3-9H2,1-2H3,(H,14,15). The van der Waals surface area contributed by atoms with Crippen molar-refractivity contribution in [3.05, 3.63) is 0 Å². The van der Waals surface area contributed by atoms with Crippen molar-refractivity contribution in [3.63, 3.8) is 0 Å². The largest absolute Gasteiger partial charge is 0.481 e. The molecule has 94 valence electrons. The summed E-state index contributed by atoms with van der Waals surface area (Å²) in [5, 5.41) is 8.69. The molecule has 1 fully saturated rings. The Balaban J connectivity index is 2.34. The zero-order chi connectivity index (χ0) is 12.0. The molecule has 0 amide bonds. The number of aliphatic carboxylic acids is 1. The number of hydrogen-bond acceptors (Lipinski definition) is 3. The molecular formula is C12H23NO3. The maximum Gasteiger partial charge on any atom is 0.303 e. The van der Waals surface area contributed by atoms with Gasteiger partial charge in [0, 0.05) is 19.0 Å². The highest BCUT2D eigenvalue weighted by Gasteiger charge is 2.23. The van der Waals surface area contributed by atoms with Gasteiger partial charge in [-0.05, 0) is 25.3 Å². The van der Waals surface area contributed by atoms with Crippen molar-refractivity contribution < 1.29 is 14.6 Å². The monoisotopic (exact) mass is 229 g/mol. The van der Waals surface area contributed by atoms with Crippen LogP contribution in [0.1, 0.15) is 33.1 Å². The molecule has 4 nitrogen and oxygen atoms in total. The second-order valence-electron chi connectivity index (χ2n) is 4.88. The predicted octanol–water partition coefficient (Wildman–Crippen LogP) is 1.60.